The molecule has 25 heavy (non-hydrogen) atoms. The van der Waals surface area contributed by atoms with Crippen molar-refractivity contribution in [1.29, 1.82) is 0 Å². The van der Waals surface area contributed by atoms with Gasteiger partial charge < -0.3 is 5.32 Å². The van der Waals surface area contributed by atoms with E-state index in [2.05, 4.69) is 60.2 Å². The number of nitrogens with one attached hydrogen (secondary N) is 1. The molecule has 3 rings (SSSR count). The van der Waals surface area contributed by atoms with Crippen molar-refractivity contribution in [2.45, 2.75) is 64.6 Å². The summed E-state index contributed by atoms with van der Waals surface area (Å²) in [4.78, 5) is 17.6. The number of amides is 1. The molecule has 2 aliphatic rings. The molecule has 4 nitrogen and oxygen atoms in total. The molecule has 1 atom stereocenters. The highest BCUT2D eigenvalue weighted by Gasteiger charge is 2.33. The summed E-state index contributed by atoms with van der Waals surface area (Å²) < 4.78 is 0. The molecular weight excluding hydrogens is 310 g/mol. The quantitative estimate of drug-likeness (QED) is 0.863. The lowest BCUT2D eigenvalue weighted by Crippen LogP contribution is -2.53. The molecule has 4 heteroatoms. The van der Waals surface area contributed by atoms with Gasteiger partial charge in [0.25, 0.3) is 0 Å². The second-order valence-electron chi connectivity index (χ2n) is 8.34. The third kappa shape index (κ3) is 4.62. The molecular formula is C21H33N3O. The Morgan fingerprint density at radius 3 is 2.68 bits per heavy atom. The lowest BCUT2D eigenvalue weighted by Gasteiger charge is -2.36. The van der Waals surface area contributed by atoms with E-state index in [0.717, 1.165) is 45.6 Å². The third-order valence-corrected chi connectivity index (χ3v) is 5.79. The summed E-state index contributed by atoms with van der Waals surface area (Å²) in [6.07, 6.45) is 4.65. The van der Waals surface area contributed by atoms with Crippen molar-refractivity contribution in [3.8, 4) is 0 Å². The van der Waals surface area contributed by atoms with Gasteiger partial charge in [0.15, 0.2) is 0 Å². The van der Waals surface area contributed by atoms with Crippen molar-refractivity contribution >= 4 is 5.91 Å². The van der Waals surface area contributed by atoms with Crippen LogP contribution in [-0.2, 0) is 11.3 Å². The molecule has 1 unspecified atom stereocenters. The van der Waals surface area contributed by atoms with Gasteiger partial charge in [0.2, 0.25) is 5.91 Å². The summed E-state index contributed by atoms with van der Waals surface area (Å²) >= 11 is 0. The minimum atomic E-state index is 0.0230. The Hall–Kier alpha value is -1.39. The average molecular weight is 344 g/mol. The second-order valence-corrected chi connectivity index (χ2v) is 8.34. The summed E-state index contributed by atoms with van der Waals surface area (Å²) in [7, 11) is 0. The smallest absolute Gasteiger partial charge is 0.237 e. The Labute approximate surface area is 152 Å². The van der Waals surface area contributed by atoms with Crippen LogP contribution in [0.1, 0.15) is 50.7 Å². The van der Waals surface area contributed by atoms with Crippen LogP contribution in [0.2, 0.25) is 0 Å². The monoisotopic (exact) mass is 343 g/mol. The molecule has 0 spiro atoms. The van der Waals surface area contributed by atoms with Crippen molar-refractivity contribution in [2.75, 3.05) is 26.2 Å². The standard InChI is InChI=1S/C21H33N3O/c1-17-8-6-9-18(14-17)15-23-11-7-10-19(23)20(25)22-16-21(2,3)24-12-4-5-13-24/h6,8-9,14,19H,4-5,7,10-13,15-16H2,1-3H3,(H,22,25). The van der Waals surface area contributed by atoms with Gasteiger partial charge in [0, 0.05) is 18.6 Å². The topological polar surface area (TPSA) is 35.6 Å². The van der Waals surface area contributed by atoms with Crippen molar-refractivity contribution in [3.63, 3.8) is 0 Å². The van der Waals surface area contributed by atoms with E-state index < -0.39 is 0 Å². The minimum absolute atomic E-state index is 0.0230. The first-order chi connectivity index (χ1) is 12.0. The van der Waals surface area contributed by atoms with Gasteiger partial charge in [-0.25, -0.2) is 0 Å². The van der Waals surface area contributed by atoms with Gasteiger partial charge in [-0.05, 0) is 71.7 Å². The molecule has 2 heterocycles. The number of benzene rings is 1. The fourth-order valence-corrected chi connectivity index (χ4v) is 4.21. The number of hydrogen-bond acceptors (Lipinski definition) is 3. The van der Waals surface area contributed by atoms with Crippen LogP contribution >= 0.6 is 0 Å². The Kier molecular flexibility index (Phi) is 5.80. The highest BCUT2D eigenvalue weighted by molar-refractivity contribution is 5.82. The van der Waals surface area contributed by atoms with Gasteiger partial charge in [-0.3, -0.25) is 14.6 Å². The van der Waals surface area contributed by atoms with Crippen LogP contribution in [0.4, 0.5) is 0 Å². The molecule has 0 aliphatic carbocycles. The molecule has 0 saturated carbocycles. The molecule has 138 valence electrons. The maximum atomic E-state index is 12.8. The maximum absolute atomic E-state index is 12.8. The fourth-order valence-electron chi connectivity index (χ4n) is 4.21. The van der Waals surface area contributed by atoms with E-state index >= 15 is 0 Å². The predicted octanol–water partition coefficient (Wildman–Crippen LogP) is 2.95. The zero-order chi connectivity index (χ0) is 17.9. The lowest BCUT2D eigenvalue weighted by molar-refractivity contribution is -0.126. The number of likely N-dealkylation sites (tertiary alicyclic amines) is 2. The van der Waals surface area contributed by atoms with E-state index in [1.807, 2.05) is 0 Å². The molecule has 1 aromatic rings. The van der Waals surface area contributed by atoms with Crippen molar-refractivity contribution < 1.29 is 4.79 Å². The van der Waals surface area contributed by atoms with Crippen LogP contribution in [0, 0.1) is 6.92 Å². The SMILES string of the molecule is Cc1cccc(CN2CCCC2C(=O)NCC(C)(C)N2CCCC2)c1. The first-order valence-electron chi connectivity index (χ1n) is 9.78. The number of carbonyl (C=O) groups is 1. The highest BCUT2D eigenvalue weighted by atomic mass is 16.2. The van der Waals surface area contributed by atoms with Crippen molar-refractivity contribution in [2.24, 2.45) is 0 Å². The van der Waals surface area contributed by atoms with Crippen LogP contribution in [0.25, 0.3) is 0 Å². The fraction of sp³-hybridized carbons (Fsp3) is 0.667. The molecule has 2 saturated heterocycles. The van der Waals surface area contributed by atoms with Gasteiger partial charge in [-0.15, -0.1) is 0 Å². The first-order valence-corrected chi connectivity index (χ1v) is 9.78. The number of rotatable bonds is 6. The van der Waals surface area contributed by atoms with Crippen molar-refractivity contribution in [1.82, 2.24) is 15.1 Å². The Morgan fingerprint density at radius 2 is 1.96 bits per heavy atom. The zero-order valence-corrected chi connectivity index (χ0v) is 16.1. The van der Waals surface area contributed by atoms with E-state index in [1.54, 1.807) is 0 Å². The van der Waals surface area contributed by atoms with E-state index in [1.165, 1.54) is 24.0 Å². The lowest BCUT2D eigenvalue weighted by atomic mass is 10.0. The first kappa shape index (κ1) is 18.4. The molecule has 0 aromatic heterocycles. The number of carbonyl (C=O) groups excluding carboxylic acids is 1. The third-order valence-electron chi connectivity index (χ3n) is 5.79. The summed E-state index contributed by atoms with van der Waals surface area (Å²) in [5, 5.41) is 3.25. The van der Waals surface area contributed by atoms with Gasteiger partial charge >= 0.3 is 0 Å². The van der Waals surface area contributed by atoms with Crippen LogP contribution in [0.3, 0.4) is 0 Å². The van der Waals surface area contributed by atoms with Crippen LogP contribution in [-0.4, -0.2) is 53.5 Å². The predicted molar refractivity (Wildman–Crippen MR) is 103 cm³/mol. The van der Waals surface area contributed by atoms with E-state index in [0.29, 0.717) is 0 Å². The van der Waals surface area contributed by atoms with Gasteiger partial charge in [0.05, 0.1) is 6.04 Å². The molecule has 2 fully saturated rings. The molecule has 0 radical (unpaired) electrons. The Morgan fingerprint density at radius 1 is 1.20 bits per heavy atom. The Bertz CT molecular complexity index is 593. The largest absolute Gasteiger partial charge is 0.353 e. The molecule has 1 N–H and O–H groups in total. The summed E-state index contributed by atoms with van der Waals surface area (Å²) in [6.45, 7) is 11.6. The van der Waals surface area contributed by atoms with Gasteiger partial charge in [0.1, 0.15) is 0 Å². The van der Waals surface area contributed by atoms with Gasteiger partial charge in [-0.2, -0.15) is 0 Å². The van der Waals surface area contributed by atoms with Crippen LogP contribution < -0.4 is 5.32 Å². The summed E-state index contributed by atoms with van der Waals surface area (Å²) in [5.41, 5.74) is 2.63. The van der Waals surface area contributed by atoms with Crippen LogP contribution in [0.5, 0.6) is 0 Å². The zero-order valence-electron chi connectivity index (χ0n) is 16.1. The number of aryl methyl sites for hydroxylation is 1. The average Bonchev–Trinajstić information content (AvgIpc) is 3.25. The minimum Gasteiger partial charge on any atom is -0.353 e. The van der Waals surface area contributed by atoms with Crippen molar-refractivity contribution in [3.05, 3.63) is 35.4 Å². The highest BCUT2D eigenvalue weighted by Crippen LogP contribution is 2.22. The number of hydrogen-bond donors (Lipinski definition) is 1. The Balaban J connectivity index is 1.55. The number of nitrogens with zero attached hydrogens (tertiary/aromatic N) is 2. The summed E-state index contributed by atoms with van der Waals surface area (Å²) in [5.74, 6) is 0.206. The molecule has 2 aliphatic heterocycles. The molecule has 1 amide bonds. The maximum Gasteiger partial charge on any atom is 0.237 e. The van der Waals surface area contributed by atoms with Crippen LogP contribution in [0.15, 0.2) is 24.3 Å². The van der Waals surface area contributed by atoms with E-state index in [4.69, 9.17) is 0 Å². The normalized spacial score (nSPS) is 22.4. The van der Waals surface area contributed by atoms with E-state index in [-0.39, 0.29) is 17.5 Å². The van der Waals surface area contributed by atoms with Gasteiger partial charge in [-0.1, -0.05) is 29.8 Å². The molecule has 0 bridgehead atoms. The second kappa shape index (κ2) is 7.88. The van der Waals surface area contributed by atoms with E-state index in [9.17, 15) is 4.79 Å². The summed E-state index contributed by atoms with van der Waals surface area (Å²) in [6, 6.07) is 8.64. The molecule has 1 aromatic carbocycles.